The summed E-state index contributed by atoms with van der Waals surface area (Å²) in [7, 11) is 0. The van der Waals surface area contributed by atoms with Gasteiger partial charge < -0.3 is 9.84 Å². The first-order chi connectivity index (χ1) is 12.8. The van der Waals surface area contributed by atoms with Crippen molar-refractivity contribution in [1.82, 2.24) is 10.5 Å². The molecule has 0 atom stereocenters. The van der Waals surface area contributed by atoms with Crippen LogP contribution in [-0.2, 0) is 12.0 Å². The topological polar surface area (TPSA) is 55.1 Å². The Morgan fingerprint density at radius 2 is 1.85 bits per heavy atom. The first kappa shape index (κ1) is 19.2. The van der Waals surface area contributed by atoms with E-state index in [-0.39, 0.29) is 11.3 Å². The zero-order valence-electron chi connectivity index (χ0n) is 16.0. The van der Waals surface area contributed by atoms with E-state index in [9.17, 15) is 4.79 Å². The van der Waals surface area contributed by atoms with E-state index in [4.69, 9.17) is 16.1 Å². The summed E-state index contributed by atoms with van der Waals surface area (Å²) in [4.78, 5) is 12.8. The summed E-state index contributed by atoms with van der Waals surface area (Å²) in [5, 5.41) is 7.56. The number of carbonyl (C=O) groups excluding carboxylic acids is 1. The van der Waals surface area contributed by atoms with Crippen molar-refractivity contribution in [3.05, 3.63) is 75.9 Å². The summed E-state index contributed by atoms with van der Waals surface area (Å²) >= 11 is 6.00. The summed E-state index contributed by atoms with van der Waals surface area (Å²) in [6, 6.07) is 15.4. The van der Waals surface area contributed by atoms with E-state index in [1.807, 2.05) is 30.3 Å². The fourth-order valence-corrected chi connectivity index (χ4v) is 3.09. The Hall–Kier alpha value is -2.59. The lowest BCUT2D eigenvalue weighted by atomic mass is 9.86. The lowest BCUT2D eigenvalue weighted by molar-refractivity contribution is 0.0950. The quantitative estimate of drug-likeness (QED) is 0.645. The number of hydrogen-bond donors (Lipinski definition) is 1. The van der Waals surface area contributed by atoms with Gasteiger partial charge in [0, 0.05) is 17.1 Å². The number of nitrogens with one attached hydrogen (secondary N) is 1. The van der Waals surface area contributed by atoms with Crippen LogP contribution in [0, 0.1) is 6.92 Å². The number of benzene rings is 2. The minimum atomic E-state index is -0.219. The number of amides is 1. The molecule has 0 aliphatic carbocycles. The molecule has 1 amide bonds. The molecule has 3 rings (SSSR count). The van der Waals surface area contributed by atoms with Crippen molar-refractivity contribution in [3.63, 3.8) is 0 Å². The standard InChI is InChI=1S/C22H23ClN2O2/c1-14-19(21(26)24-13-15-6-5-7-18(23)12-15)20(27-25-14)16-8-10-17(11-9-16)22(2,3)4/h5-12H,13H2,1-4H3,(H,24,26). The molecule has 0 bridgehead atoms. The molecule has 0 saturated carbocycles. The Morgan fingerprint density at radius 3 is 2.48 bits per heavy atom. The first-order valence-corrected chi connectivity index (χ1v) is 9.23. The Morgan fingerprint density at radius 1 is 1.15 bits per heavy atom. The molecule has 0 radical (unpaired) electrons. The summed E-state index contributed by atoms with van der Waals surface area (Å²) in [5.74, 6) is 0.264. The molecular weight excluding hydrogens is 360 g/mol. The molecule has 0 saturated heterocycles. The molecule has 27 heavy (non-hydrogen) atoms. The highest BCUT2D eigenvalue weighted by Gasteiger charge is 2.22. The fraction of sp³-hybridized carbons (Fsp3) is 0.273. The number of nitrogens with zero attached hydrogens (tertiary/aromatic N) is 1. The summed E-state index contributed by atoms with van der Waals surface area (Å²) in [6.45, 7) is 8.64. The van der Waals surface area contributed by atoms with Crippen LogP contribution in [0.1, 0.15) is 48.0 Å². The Bertz CT molecular complexity index is 953. The smallest absolute Gasteiger partial charge is 0.257 e. The van der Waals surface area contributed by atoms with Crippen molar-refractivity contribution in [3.8, 4) is 11.3 Å². The molecule has 0 aliphatic rings. The zero-order valence-corrected chi connectivity index (χ0v) is 16.7. The van der Waals surface area contributed by atoms with E-state index < -0.39 is 0 Å². The van der Waals surface area contributed by atoms with Gasteiger partial charge in [-0.15, -0.1) is 0 Å². The van der Waals surface area contributed by atoms with Gasteiger partial charge in [-0.2, -0.15) is 0 Å². The number of carbonyl (C=O) groups is 1. The van der Waals surface area contributed by atoms with Crippen molar-refractivity contribution in [2.75, 3.05) is 0 Å². The number of halogens is 1. The largest absolute Gasteiger partial charge is 0.355 e. The second-order valence-electron chi connectivity index (χ2n) is 7.61. The Balaban J connectivity index is 1.82. The molecule has 1 heterocycles. The molecule has 4 nitrogen and oxygen atoms in total. The normalized spacial score (nSPS) is 11.4. The molecule has 1 aromatic heterocycles. The first-order valence-electron chi connectivity index (χ1n) is 8.85. The van der Waals surface area contributed by atoms with Gasteiger partial charge in [-0.1, -0.05) is 73.9 Å². The number of rotatable bonds is 4. The van der Waals surface area contributed by atoms with E-state index >= 15 is 0 Å². The molecule has 0 aliphatic heterocycles. The number of aromatic nitrogens is 1. The lowest BCUT2D eigenvalue weighted by Gasteiger charge is -2.18. The van der Waals surface area contributed by atoms with Crippen molar-refractivity contribution in [1.29, 1.82) is 0 Å². The average Bonchev–Trinajstić information content (AvgIpc) is 3.01. The van der Waals surface area contributed by atoms with Gasteiger partial charge in [-0.05, 0) is 35.6 Å². The SMILES string of the molecule is Cc1noc(-c2ccc(C(C)(C)C)cc2)c1C(=O)NCc1cccc(Cl)c1. The summed E-state index contributed by atoms with van der Waals surface area (Å²) in [6.07, 6.45) is 0. The number of aryl methyl sites for hydroxylation is 1. The van der Waals surface area contributed by atoms with Gasteiger partial charge in [0.25, 0.3) is 5.91 Å². The van der Waals surface area contributed by atoms with Gasteiger partial charge in [0.1, 0.15) is 5.56 Å². The molecule has 3 aromatic rings. The van der Waals surface area contributed by atoms with E-state index in [0.29, 0.717) is 28.6 Å². The van der Waals surface area contributed by atoms with Crippen LogP contribution in [0.2, 0.25) is 5.02 Å². The van der Waals surface area contributed by atoms with Gasteiger partial charge in [0.2, 0.25) is 0 Å². The Labute approximate surface area is 164 Å². The highest BCUT2D eigenvalue weighted by atomic mass is 35.5. The molecule has 0 spiro atoms. The molecule has 140 valence electrons. The molecule has 2 aromatic carbocycles. The van der Waals surface area contributed by atoms with Crippen molar-refractivity contribution in [2.45, 2.75) is 39.7 Å². The monoisotopic (exact) mass is 382 g/mol. The maximum absolute atomic E-state index is 12.8. The zero-order chi connectivity index (χ0) is 19.6. The summed E-state index contributed by atoms with van der Waals surface area (Å²) in [5.41, 5.74) is 4.06. The average molecular weight is 383 g/mol. The highest BCUT2D eigenvalue weighted by Crippen LogP contribution is 2.29. The predicted molar refractivity (Wildman–Crippen MR) is 108 cm³/mol. The Kier molecular flexibility index (Phi) is 5.38. The van der Waals surface area contributed by atoms with Gasteiger partial charge in [-0.25, -0.2) is 0 Å². The molecule has 0 fully saturated rings. The van der Waals surface area contributed by atoms with Gasteiger partial charge in [-0.3, -0.25) is 4.79 Å². The molecular formula is C22H23ClN2O2. The van der Waals surface area contributed by atoms with E-state index in [0.717, 1.165) is 11.1 Å². The number of hydrogen-bond acceptors (Lipinski definition) is 3. The van der Waals surface area contributed by atoms with Crippen LogP contribution in [0.25, 0.3) is 11.3 Å². The van der Waals surface area contributed by atoms with Crippen LogP contribution in [-0.4, -0.2) is 11.1 Å². The van der Waals surface area contributed by atoms with Crippen LogP contribution >= 0.6 is 11.6 Å². The third-order valence-corrected chi connectivity index (χ3v) is 4.68. The predicted octanol–water partition coefficient (Wildman–Crippen LogP) is 5.53. The van der Waals surface area contributed by atoms with Crippen LogP contribution < -0.4 is 5.32 Å². The minimum Gasteiger partial charge on any atom is -0.355 e. The van der Waals surface area contributed by atoms with Gasteiger partial charge in [0.05, 0.1) is 5.69 Å². The van der Waals surface area contributed by atoms with Crippen molar-refractivity contribution >= 4 is 17.5 Å². The third-order valence-electron chi connectivity index (χ3n) is 4.45. The maximum Gasteiger partial charge on any atom is 0.257 e. The third kappa shape index (κ3) is 4.40. The van der Waals surface area contributed by atoms with Crippen LogP contribution in [0.5, 0.6) is 0 Å². The van der Waals surface area contributed by atoms with E-state index in [2.05, 4.69) is 43.4 Å². The second kappa shape index (κ2) is 7.57. The van der Waals surface area contributed by atoms with Crippen molar-refractivity contribution in [2.24, 2.45) is 0 Å². The minimum absolute atomic E-state index is 0.0625. The molecule has 0 unspecified atom stereocenters. The van der Waals surface area contributed by atoms with E-state index in [1.54, 1.807) is 13.0 Å². The molecule has 1 N–H and O–H groups in total. The van der Waals surface area contributed by atoms with Gasteiger partial charge >= 0.3 is 0 Å². The lowest BCUT2D eigenvalue weighted by Crippen LogP contribution is -2.23. The van der Waals surface area contributed by atoms with Crippen molar-refractivity contribution < 1.29 is 9.32 Å². The highest BCUT2D eigenvalue weighted by molar-refractivity contribution is 6.30. The van der Waals surface area contributed by atoms with Crippen LogP contribution in [0.3, 0.4) is 0 Å². The second-order valence-corrected chi connectivity index (χ2v) is 8.05. The van der Waals surface area contributed by atoms with Gasteiger partial charge in [0.15, 0.2) is 5.76 Å². The fourth-order valence-electron chi connectivity index (χ4n) is 2.87. The maximum atomic E-state index is 12.8. The van der Waals surface area contributed by atoms with E-state index in [1.165, 1.54) is 5.56 Å². The molecule has 5 heteroatoms. The summed E-state index contributed by atoms with van der Waals surface area (Å²) < 4.78 is 5.47. The van der Waals surface area contributed by atoms with Crippen LogP contribution in [0.4, 0.5) is 0 Å². The van der Waals surface area contributed by atoms with Crippen LogP contribution in [0.15, 0.2) is 53.1 Å².